The summed E-state index contributed by atoms with van der Waals surface area (Å²) in [7, 11) is 1.63. The van der Waals surface area contributed by atoms with Gasteiger partial charge < -0.3 is 9.30 Å². The van der Waals surface area contributed by atoms with Crippen molar-refractivity contribution in [3.63, 3.8) is 0 Å². The van der Waals surface area contributed by atoms with E-state index in [0.717, 1.165) is 29.1 Å². The molecule has 0 bridgehead atoms. The maximum absolute atomic E-state index is 12.1. The minimum atomic E-state index is -0.196. The van der Waals surface area contributed by atoms with Gasteiger partial charge in [-0.25, -0.2) is 5.43 Å². The predicted molar refractivity (Wildman–Crippen MR) is 120 cm³/mol. The van der Waals surface area contributed by atoms with Crippen LogP contribution in [-0.4, -0.2) is 39.7 Å². The van der Waals surface area contributed by atoms with Crippen molar-refractivity contribution in [2.75, 3.05) is 12.9 Å². The van der Waals surface area contributed by atoms with Crippen LogP contribution in [0, 0.1) is 0 Å². The number of aromatic nitrogens is 3. The van der Waals surface area contributed by atoms with E-state index in [4.69, 9.17) is 4.74 Å². The van der Waals surface area contributed by atoms with E-state index in [1.165, 1.54) is 17.3 Å². The van der Waals surface area contributed by atoms with Crippen molar-refractivity contribution < 1.29 is 9.53 Å². The molecule has 1 N–H and O–H groups in total. The number of hydrazone groups is 1. The van der Waals surface area contributed by atoms with Gasteiger partial charge in [0.15, 0.2) is 11.0 Å². The number of methoxy groups -OCH3 is 1. The zero-order chi connectivity index (χ0) is 21.3. The maximum atomic E-state index is 12.1. The second-order valence-electron chi connectivity index (χ2n) is 6.46. The van der Waals surface area contributed by atoms with E-state index in [1.807, 2.05) is 47.9 Å². The lowest BCUT2D eigenvalue weighted by Gasteiger charge is -2.07. The van der Waals surface area contributed by atoms with Gasteiger partial charge in [0.05, 0.1) is 19.1 Å². The van der Waals surface area contributed by atoms with Crippen LogP contribution in [0.25, 0.3) is 11.4 Å². The number of aryl methyl sites for hydroxylation is 1. The van der Waals surface area contributed by atoms with Gasteiger partial charge in [-0.3, -0.25) is 4.79 Å². The number of carbonyl (C=O) groups excluding carboxylic acids is 1. The summed E-state index contributed by atoms with van der Waals surface area (Å²) in [5.41, 5.74) is 5.71. The molecule has 2 aromatic carbocycles. The second kappa shape index (κ2) is 10.6. The van der Waals surface area contributed by atoms with Crippen LogP contribution in [0.2, 0.25) is 0 Å². The average molecular weight is 424 g/mol. The lowest BCUT2D eigenvalue weighted by molar-refractivity contribution is -0.118. The van der Waals surface area contributed by atoms with Crippen LogP contribution in [0.15, 0.2) is 58.8 Å². The number of ether oxygens (including phenoxy) is 1. The molecule has 3 aromatic rings. The summed E-state index contributed by atoms with van der Waals surface area (Å²) >= 11 is 1.33. The summed E-state index contributed by atoms with van der Waals surface area (Å²) in [5.74, 6) is 1.55. The standard InChI is InChI=1S/C22H25N5O2S/c1-4-16-6-8-17(9-7-16)14-23-24-20(28)15-30-22-26-25-21(27(22)5-2)18-10-12-19(29-3)13-11-18/h6-14H,4-5,15H2,1-3H3,(H,24,28)/b23-14+. The second-order valence-corrected chi connectivity index (χ2v) is 7.40. The number of nitrogens with zero attached hydrogens (tertiary/aromatic N) is 4. The van der Waals surface area contributed by atoms with Crippen molar-refractivity contribution in [1.82, 2.24) is 20.2 Å². The molecule has 0 fully saturated rings. The van der Waals surface area contributed by atoms with E-state index in [9.17, 15) is 4.79 Å². The molecule has 7 nitrogen and oxygen atoms in total. The van der Waals surface area contributed by atoms with Gasteiger partial charge >= 0.3 is 0 Å². The Morgan fingerprint density at radius 2 is 1.87 bits per heavy atom. The third-order valence-electron chi connectivity index (χ3n) is 4.50. The molecule has 0 aliphatic heterocycles. The first-order chi connectivity index (χ1) is 14.6. The fourth-order valence-electron chi connectivity index (χ4n) is 2.81. The Balaban J connectivity index is 1.57. The Bertz CT molecular complexity index is 997. The maximum Gasteiger partial charge on any atom is 0.250 e. The van der Waals surface area contributed by atoms with Crippen LogP contribution in [0.3, 0.4) is 0 Å². The predicted octanol–water partition coefficient (Wildman–Crippen LogP) is 3.78. The smallest absolute Gasteiger partial charge is 0.250 e. The first kappa shape index (κ1) is 21.6. The van der Waals surface area contributed by atoms with Crippen molar-refractivity contribution in [3.8, 4) is 17.1 Å². The van der Waals surface area contributed by atoms with Gasteiger partial charge in [0.1, 0.15) is 5.75 Å². The SMILES string of the molecule is CCc1ccc(/C=N/NC(=O)CSc2nnc(-c3ccc(OC)cc3)n2CC)cc1. The number of rotatable bonds is 9. The highest BCUT2D eigenvalue weighted by molar-refractivity contribution is 7.99. The van der Waals surface area contributed by atoms with E-state index in [2.05, 4.69) is 39.8 Å². The van der Waals surface area contributed by atoms with Gasteiger partial charge in [-0.15, -0.1) is 10.2 Å². The Labute approximate surface area is 180 Å². The monoisotopic (exact) mass is 423 g/mol. The summed E-state index contributed by atoms with van der Waals surface area (Å²) in [6.07, 6.45) is 2.63. The highest BCUT2D eigenvalue weighted by atomic mass is 32.2. The van der Waals surface area contributed by atoms with Crippen molar-refractivity contribution >= 4 is 23.9 Å². The van der Waals surface area contributed by atoms with E-state index in [1.54, 1.807) is 13.3 Å². The molecule has 8 heteroatoms. The van der Waals surface area contributed by atoms with E-state index < -0.39 is 0 Å². The molecule has 1 aromatic heterocycles. The summed E-state index contributed by atoms with van der Waals surface area (Å²) < 4.78 is 7.18. The highest BCUT2D eigenvalue weighted by Gasteiger charge is 2.14. The summed E-state index contributed by atoms with van der Waals surface area (Å²) in [6.45, 7) is 4.83. The summed E-state index contributed by atoms with van der Waals surface area (Å²) in [6, 6.07) is 15.7. The van der Waals surface area contributed by atoms with Crippen LogP contribution in [0.5, 0.6) is 5.75 Å². The lowest BCUT2D eigenvalue weighted by atomic mass is 10.1. The molecule has 1 heterocycles. The molecule has 0 aliphatic carbocycles. The number of thioether (sulfide) groups is 1. The van der Waals surface area contributed by atoms with Gasteiger partial charge in [-0.1, -0.05) is 43.0 Å². The molecule has 0 saturated carbocycles. The van der Waals surface area contributed by atoms with E-state index in [0.29, 0.717) is 11.7 Å². The number of amides is 1. The molecule has 0 unspecified atom stereocenters. The van der Waals surface area contributed by atoms with Crippen LogP contribution in [0.4, 0.5) is 0 Å². The Morgan fingerprint density at radius 1 is 1.13 bits per heavy atom. The van der Waals surface area contributed by atoms with Crippen molar-refractivity contribution in [2.24, 2.45) is 5.10 Å². The first-order valence-corrected chi connectivity index (χ1v) is 10.7. The van der Waals surface area contributed by atoms with E-state index >= 15 is 0 Å². The normalized spacial score (nSPS) is 11.0. The molecule has 0 saturated heterocycles. The Hall–Kier alpha value is -3.13. The van der Waals surface area contributed by atoms with Gasteiger partial charge in [0, 0.05) is 12.1 Å². The quantitative estimate of drug-likeness (QED) is 0.322. The molecule has 156 valence electrons. The van der Waals surface area contributed by atoms with Crippen molar-refractivity contribution in [3.05, 3.63) is 59.7 Å². The van der Waals surface area contributed by atoms with Gasteiger partial charge in [0.2, 0.25) is 0 Å². The zero-order valence-corrected chi connectivity index (χ0v) is 18.1. The summed E-state index contributed by atoms with van der Waals surface area (Å²) in [4.78, 5) is 12.1. The molecule has 3 rings (SSSR count). The minimum Gasteiger partial charge on any atom is -0.497 e. The molecule has 30 heavy (non-hydrogen) atoms. The van der Waals surface area contributed by atoms with Gasteiger partial charge in [-0.05, 0) is 48.7 Å². The molecular formula is C22H25N5O2S. The van der Waals surface area contributed by atoms with E-state index in [-0.39, 0.29) is 11.7 Å². The van der Waals surface area contributed by atoms with Crippen LogP contribution >= 0.6 is 11.8 Å². The zero-order valence-electron chi connectivity index (χ0n) is 17.3. The Kier molecular flexibility index (Phi) is 7.62. The van der Waals surface area contributed by atoms with Crippen LogP contribution < -0.4 is 10.2 Å². The number of carbonyl (C=O) groups is 1. The topological polar surface area (TPSA) is 81.4 Å². The first-order valence-electron chi connectivity index (χ1n) is 9.75. The minimum absolute atomic E-state index is 0.196. The number of nitrogens with one attached hydrogen (secondary N) is 1. The summed E-state index contributed by atoms with van der Waals surface area (Å²) in [5, 5.41) is 13.3. The lowest BCUT2D eigenvalue weighted by Crippen LogP contribution is -2.20. The molecule has 0 radical (unpaired) electrons. The Morgan fingerprint density at radius 3 is 2.50 bits per heavy atom. The average Bonchev–Trinajstić information content (AvgIpc) is 3.21. The molecule has 0 atom stereocenters. The molecule has 0 aliphatic rings. The molecule has 1 amide bonds. The molecular weight excluding hydrogens is 398 g/mol. The molecule has 0 spiro atoms. The van der Waals surface area contributed by atoms with Crippen molar-refractivity contribution in [2.45, 2.75) is 32.0 Å². The fraction of sp³-hybridized carbons (Fsp3) is 0.273. The van der Waals surface area contributed by atoms with Crippen LogP contribution in [-0.2, 0) is 17.8 Å². The van der Waals surface area contributed by atoms with Crippen molar-refractivity contribution in [1.29, 1.82) is 0 Å². The number of hydrogen-bond acceptors (Lipinski definition) is 6. The van der Waals surface area contributed by atoms with Crippen LogP contribution in [0.1, 0.15) is 25.0 Å². The largest absolute Gasteiger partial charge is 0.497 e. The fourth-order valence-corrected chi connectivity index (χ4v) is 3.61. The van der Waals surface area contributed by atoms with Gasteiger partial charge in [0.25, 0.3) is 5.91 Å². The third-order valence-corrected chi connectivity index (χ3v) is 5.47. The highest BCUT2D eigenvalue weighted by Crippen LogP contribution is 2.25. The third kappa shape index (κ3) is 5.48. The van der Waals surface area contributed by atoms with Gasteiger partial charge in [-0.2, -0.15) is 5.10 Å². The number of benzene rings is 2. The number of hydrogen-bond donors (Lipinski definition) is 1.